The van der Waals surface area contributed by atoms with Gasteiger partial charge in [-0.3, -0.25) is 9.78 Å². The Kier molecular flexibility index (Phi) is 2.45. The van der Waals surface area contributed by atoms with Crippen molar-refractivity contribution in [2.24, 2.45) is 0 Å². The van der Waals surface area contributed by atoms with Crippen molar-refractivity contribution in [3.05, 3.63) is 57.6 Å². The Morgan fingerprint density at radius 3 is 2.58 bits per heavy atom. The maximum Gasteiger partial charge on any atom is 0.326 e. The highest BCUT2D eigenvalue weighted by molar-refractivity contribution is 6.33. The molecule has 1 heterocycles. The summed E-state index contributed by atoms with van der Waals surface area (Å²) >= 11 is 0. The van der Waals surface area contributed by atoms with Gasteiger partial charge in [-0.1, -0.05) is 30.3 Å². The number of carbonyl (C=O) groups is 1. The van der Waals surface area contributed by atoms with Crippen LogP contribution in [0, 0.1) is 0 Å². The Morgan fingerprint density at radius 2 is 1.84 bits per heavy atom. The molecular weight excluding hydrogens is 244 g/mol. The Morgan fingerprint density at radius 1 is 1.05 bits per heavy atom. The molecule has 0 atom stereocenters. The lowest BCUT2D eigenvalue weighted by Crippen LogP contribution is -2.05. The molecule has 0 saturated carbocycles. The summed E-state index contributed by atoms with van der Waals surface area (Å²) in [6.07, 6.45) is 4.68. The number of allylic oxidation sites excluding steroid dienone is 2. The fourth-order valence-electron chi connectivity index (χ4n) is 2.06. The summed E-state index contributed by atoms with van der Waals surface area (Å²) in [7, 11) is 0. The minimum Gasteiger partial charge on any atom is -0.493 e. The van der Waals surface area contributed by atoms with E-state index in [0.717, 1.165) is 11.1 Å². The summed E-state index contributed by atoms with van der Waals surface area (Å²) in [6, 6.07) is 7.43. The van der Waals surface area contributed by atoms with Gasteiger partial charge < -0.3 is 10.1 Å². The van der Waals surface area contributed by atoms with E-state index in [4.69, 9.17) is 0 Å². The van der Waals surface area contributed by atoms with Crippen molar-refractivity contribution in [2.75, 3.05) is 0 Å². The second-order valence-corrected chi connectivity index (χ2v) is 4.18. The lowest BCUT2D eigenvalue weighted by Gasteiger charge is -2.12. The van der Waals surface area contributed by atoms with E-state index in [2.05, 4.69) is 9.97 Å². The van der Waals surface area contributed by atoms with Crippen LogP contribution in [-0.4, -0.2) is 20.9 Å². The van der Waals surface area contributed by atoms with E-state index >= 15 is 0 Å². The molecule has 0 bridgehead atoms. The SMILES string of the molecule is O=C1C=Cc2ccccc2/C1=C/c1[nH]c(=O)[nH]c1O. The third kappa shape index (κ3) is 1.91. The first-order chi connectivity index (χ1) is 9.15. The van der Waals surface area contributed by atoms with E-state index in [1.165, 1.54) is 12.2 Å². The molecule has 1 aliphatic carbocycles. The van der Waals surface area contributed by atoms with Crippen LogP contribution in [0.15, 0.2) is 35.1 Å². The predicted molar refractivity (Wildman–Crippen MR) is 71.4 cm³/mol. The first-order valence-electron chi connectivity index (χ1n) is 5.70. The van der Waals surface area contributed by atoms with Crippen LogP contribution in [0.5, 0.6) is 5.88 Å². The van der Waals surface area contributed by atoms with Crippen molar-refractivity contribution >= 4 is 23.5 Å². The zero-order chi connectivity index (χ0) is 13.4. The highest BCUT2D eigenvalue weighted by atomic mass is 16.3. The highest BCUT2D eigenvalue weighted by Crippen LogP contribution is 2.28. The van der Waals surface area contributed by atoms with Gasteiger partial charge in [0.15, 0.2) is 5.78 Å². The number of hydrogen-bond donors (Lipinski definition) is 3. The quantitative estimate of drug-likeness (QED) is 0.675. The van der Waals surface area contributed by atoms with Crippen molar-refractivity contribution in [1.82, 2.24) is 9.97 Å². The fraction of sp³-hybridized carbons (Fsp3) is 0. The van der Waals surface area contributed by atoms with Crippen LogP contribution in [0.2, 0.25) is 0 Å². The summed E-state index contributed by atoms with van der Waals surface area (Å²) in [6.45, 7) is 0. The molecule has 0 aliphatic heterocycles. The molecule has 5 nitrogen and oxygen atoms in total. The smallest absolute Gasteiger partial charge is 0.326 e. The standard InChI is InChI=1S/C14H10N2O3/c17-12-6-5-8-3-1-2-4-9(8)10(12)7-11-13(18)16-14(19)15-11/h1-7,18H,(H2,15,16,19)/b10-7-. The molecule has 5 heteroatoms. The Hall–Kier alpha value is -2.82. The average Bonchev–Trinajstić information content (AvgIpc) is 2.71. The number of nitrogens with one attached hydrogen (secondary N) is 2. The monoisotopic (exact) mass is 254 g/mol. The molecule has 0 unspecified atom stereocenters. The molecule has 0 saturated heterocycles. The molecule has 0 amide bonds. The van der Waals surface area contributed by atoms with Crippen molar-refractivity contribution in [3.63, 3.8) is 0 Å². The van der Waals surface area contributed by atoms with Crippen molar-refractivity contribution < 1.29 is 9.90 Å². The van der Waals surface area contributed by atoms with Crippen molar-refractivity contribution in [1.29, 1.82) is 0 Å². The lowest BCUT2D eigenvalue weighted by atomic mass is 9.91. The minimum atomic E-state index is -0.517. The maximum absolute atomic E-state index is 11.9. The number of carbonyl (C=O) groups excluding carboxylic acids is 1. The van der Waals surface area contributed by atoms with E-state index in [9.17, 15) is 14.7 Å². The third-order valence-corrected chi connectivity index (χ3v) is 2.95. The Bertz CT molecular complexity index is 778. The molecule has 0 radical (unpaired) electrons. The number of H-pyrrole nitrogens is 2. The number of benzene rings is 1. The number of rotatable bonds is 1. The van der Waals surface area contributed by atoms with E-state index in [-0.39, 0.29) is 17.4 Å². The van der Waals surface area contributed by atoms with Gasteiger partial charge in [0.05, 0.1) is 0 Å². The topological polar surface area (TPSA) is 86.0 Å². The number of ketones is 1. The van der Waals surface area contributed by atoms with Gasteiger partial charge in [0, 0.05) is 5.57 Å². The number of aromatic amines is 2. The molecule has 1 aliphatic rings. The third-order valence-electron chi connectivity index (χ3n) is 2.95. The van der Waals surface area contributed by atoms with Gasteiger partial charge in [0.25, 0.3) is 0 Å². The summed E-state index contributed by atoms with van der Waals surface area (Å²) in [4.78, 5) is 27.7. The first kappa shape index (κ1) is 11.3. The van der Waals surface area contributed by atoms with E-state index < -0.39 is 5.69 Å². The van der Waals surface area contributed by atoms with Gasteiger partial charge in [0.2, 0.25) is 5.88 Å². The van der Waals surface area contributed by atoms with Crippen LogP contribution in [0.25, 0.3) is 17.7 Å². The zero-order valence-electron chi connectivity index (χ0n) is 9.81. The molecule has 1 aromatic carbocycles. The van der Waals surface area contributed by atoms with Crippen LogP contribution in [0.4, 0.5) is 0 Å². The second kappa shape index (κ2) is 4.13. The largest absolute Gasteiger partial charge is 0.493 e. The lowest BCUT2D eigenvalue weighted by molar-refractivity contribution is -0.109. The van der Waals surface area contributed by atoms with Crippen LogP contribution < -0.4 is 5.69 Å². The van der Waals surface area contributed by atoms with E-state index in [1.807, 2.05) is 24.3 Å². The molecule has 3 rings (SSSR count). The number of imidazole rings is 1. The van der Waals surface area contributed by atoms with Gasteiger partial charge in [0.1, 0.15) is 5.69 Å². The molecule has 19 heavy (non-hydrogen) atoms. The van der Waals surface area contributed by atoms with E-state index in [0.29, 0.717) is 5.57 Å². The number of hydrogen-bond acceptors (Lipinski definition) is 3. The highest BCUT2D eigenvalue weighted by Gasteiger charge is 2.17. The van der Waals surface area contributed by atoms with Crippen LogP contribution in [0.3, 0.4) is 0 Å². The molecule has 3 N–H and O–H groups in total. The van der Waals surface area contributed by atoms with Crippen molar-refractivity contribution in [3.8, 4) is 5.88 Å². The average molecular weight is 254 g/mol. The molecule has 94 valence electrons. The maximum atomic E-state index is 11.9. The molecule has 0 fully saturated rings. The molecular formula is C14H10N2O3. The summed E-state index contributed by atoms with van der Waals surface area (Å²) < 4.78 is 0. The zero-order valence-corrected chi connectivity index (χ0v) is 9.81. The van der Waals surface area contributed by atoms with E-state index in [1.54, 1.807) is 6.08 Å². The Labute approximate surface area is 107 Å². The molecule has 2 aromatic rings. The molecule has 1 aromatic heterocycles. The summed E-state index contributed by atoms with van der Waals surface area (Å²) in [5.74, 6) is -0.447. The summed E-state index contributed by atoms with van der Waals surface area (Å²) in [5.41, 5.74) is 1.81. The second-order valence-electron chi connectivity index (χ2n) is 4.18. The van der Waals surface area contributed by atoms with Crippen molar-refractivity contribution in [2.45, 2.75) is 0 Å². The minimum absolute atomic E-state index is 0.167. The molecule has 0 spiro atoms. The number of aromatic nitrogens is 2. The predicted octanol–water partition coefficient (Wildman–Crippen LogP) is 1.55. The van der Waals surface area contributed by atoms with Gasteiger partial charge in [-0.05, 0) is 23.3 Å². The van der Waals surface area contributed by atoms with Gasteiger partial charge >= 0.3 is 5.69 Å². The number of aromatic hydroxyl groups is 1. The Balaban J connectivity index is 2.19. The first-order valence-corrected chi connectivity index (χ1v) is 5.70. The van der Waals surface area contributed by atoms with Gasteiger partial charge in [-0.25, -0.2) is 4.79 Å². The van der Waals surface area contributed by atoms with Crippen LogP contribution in [-0.2, 0) is 4.79 Å². The fourth-order valence-corrected chi connectivity index (χ4v) is 2.06. The number of fused-ring (bicyclic) bond motifs is 1. The van der Waals surface area contributed by atoms with Gasteiger partial charge in [-0.15, -0.1) is 0 Å². The van der Waals surface area contributed by atoms with Crippen LogP contribution >= 0.6 is 0 Å². The normalized spacial score (nSPS) is 15.8. The van der Waals surface area contributed by atoms with Crippen LogP contribution in [0.1, 0.15) is 16.8 Å². The summed E-state index contributed by atoms with van der Waals surface area (Å²) in [5, 5.41) is 9.54. The van der Waals surface area contributed by atoms with Gasteiger partial charge in [-0.2, -0.15) is 0 Å².